The molecule has 1 saturated heterocycles. The van der Waals surface area contributed by atoms with Crippen molar-refractivity contribution in [2.45, 2.75) is 130 Å². The highest BCUT2D eigenvalue weighted by atomic mass is 31.2. The molecule has 1 fully saturated rings. The summed E-state index contributed by atoms with van der Waals surface area (Å²) >= 11 is 0. The van der Waals surface area contributed by atoms with Gasteiger partial charge < -0.3 is 68.9 Å². The van der Waals surface area contributed by atoms with E-state index in [1.807, 2.05) is 0 Å². The van der Waals surface area contributed by atoms with Crippen LogP contribution < -0.4 is 10.1 Å². The highest BCUT2D eigenvalue weighted by molar-refractivity contribution is 7.51. The van der Waals surface area contributed by atoms with Gasteiger partial charge in [0, 0.05) is 93.8 Å². The molecule has 22 nitrogen and oxygen atoms in total. The molecule has 1 aromatic rings. The number of likely N-dealkylation sites (tertiary alicyclic amines) is 1. The number of hydrogen-bond donors (Lipinski definition) is 7. The van der Waals surface area contributed by atoms with E-state index in [4.69, 9.17) is 33.4 Å². The van der Waals surface area contributed by atoms with Crippen LogP contribution in [0, 0.1) is 36.5 Å². The molecule has 4 aliphatic heterocycles. The van der Waals surface area contributed by atoms with Gasteiger partial charge in [0.1, 0.15) is 35.1 Å². The van der Waals surface area contributed by atoms with Gasteiger partial charge >= 0.3 is 31.4 Å². The average molecular weight is 1060 g/mol. The number of phenols is 1. The van der Waals surface area contributed by atoms with E-state index in [2.05, 4.69) is 24.1 Å². The number of methoxy groups -OCH3 is 1. The van der Waals surface area contributed by atoms with Crippen molar-refractivity contribution >= 4 is 48.8 Å². The number of hydrogen-bond acceptors (Lipinski definition) is 18. The van der Waals surface area contributed by atoms with Crippen LogP contribution in [0.5, 0.6) is 11.5 Å². The fourth-order valence-electron chi connectivity index (χ4n) is 10.5. The zero-order chi connectivity index (χ0) is 54.9. The second-order valence-corrected chi connectivity index (χ2v) is 22.3. The summed E-state index contributed by atoms with van der Waals surface area (Å²) in [5.74, 6) is -9.34. The first-order valence-electron chi connectivity index (χ1n) is 24.7. The van der Waals surface area contributed by atoms with E-state index in [-0.39, 0.29) is 63.7 Å². The van der Waals surface area contributed by atoms with Crippen molar-refractivity contribution in [3.05, 3.63) is 64.1 Å². The normalized spacial score (nSPS) is 31.1. The zero-order valence-electron chi connectivity index (χ0n) is 43.7. The molecular weight excluding hydrogens is 988 g/mol. The molecule has 4 heterocycles. The number of aliphatic imine (C=N–C) groups is 1. The Bertz CT molecular complexity index is 2580. The highest BCUT2D eigenvalue weighted by Gasteiger charge is 2.60. The van der Waals surface area contributed by atoms with Crippen molar-refractivity contribution in [1.82, 2.24) is 15.1 Å². The molecule has 23 heteroatoms. The van der Waals surface area contributed by atoms with Gasteiger partial charge in [0.25, 0.3) is 11.7 Å². The summed E-state index contributed by atoms with van der Waals surface area (Å²) in [4.78, 5) is 96.4. The number of aromatic hydroxyl groups is 1. The number of nitrogens with one attached hydrogen (secondary N) is 1. The second kappa shape index (κ2) is 22.7. The smallest absolute Gasteiger partial charge is 0.415 e. The van der Waals surface area contributed by atoms with E-state index in [1.54, 1.807) is 33.8 Å². The quantitative estimate of drug-likeness (QED) is 0.0998. The maximum atomic E-state index is 15.1. The van der Waals surface area contributed by atoms with Crippen LogP contribution >= 0.6 is 7.60 Å². The molecule has 0 radical (unpaired) electrons. The molecule has 74 heavy (non-hydrogen) atoms. The first kappa shape index (κ1) is 57.7. The number of carbonyl (C=O) groups is 5. The number of ether oxygens (including phenoxy) is 6. The lowest BCUT2D eigenvalue weighted by Gasteiger charge is -2.45. The number of aliphatic hydroxyl groups is 3. The van der Waals surface area contributed by atoms with E-state index < -0.39 is 134 Å². The van der Waals surface area contributed by atoms with Gasteiger partial charge in [-0.1, -0.05) is 59.8 Å². The second-order valence-electron chi connectivity index (χ2n) is 20.5. The van der Waals surface area contributed by atoms with Crippen LogP contribution in [0.4, 0.5) is 4.79 Å². The third-order valence-corrected chi connectivity index (χ3v) is 15.4. The van der Waals surface area contributed by atoms with Gasteiger partial charge in [-0.25, -0.2) is 4.79 Å². The molecule has 7 N–H and O–H groups in total. The van der Waals surface area contributed by atoms with Gasteiger partial charge in [0.15, 0.2) is 0 Å². The van der Waals surface area contributed by atoms with Crippen LogP contribution in [-0.2, 0) is 42.6 Å². The first-order valence-corrected chi connectivity index (χ1v) is 26.5. The number of aliphatic hydroxyl groups excluding tert-OH is 3. The minimum absolute atomic E-state index is 0.00338. The molecule has 6 rings (SSSR count). The Hall–Kier alpha value is -5.61. The minimum Gasteiger partial charge on any atom is -0.507 e. The number of Topliss-reactive ketones (excluding diaryl/α,β-unsaturated/α-hetero) is 1. The largest absolute Gasteiger partial charge is 0.507 e. The number of rotatable bonds is 9. The number of piperidine rings is 1. The standard InChI is InChI=1S/C51H71N4O18P/c1-25(2)23-54-19-17-51(18-20-54)53-38-35-36-43(60)31(8)46-37(35)47(62)50(10,73-46)71-21-15-33(68-11)28(5)45(72-32(9)56)30(7)42(59)29(6)41(58)26(3)13-12-14-27(4)48(63)52-39(44(36)61)40(38)55(51)49(64)70-24-69-34(57)16-22-74(65,66)67/h12-15,21,25-26,28-30,33,40-42,45,58-61H,16-20,22-24H2,1-11H3,(H,52,63)(H2,65,66,67)/b13-12+,21-15+,27-14-/t26-,28+,29+,30+,33-,40?,41-,42+,45+,50-/m0/s1. The maximum Gasteiger partial charge on any atom is 0.415 e. The van der Waals surface area contributed by atoms with Gasteiger partial charge in [0.2, 0.25) is 6.79 Å². The molecule has 0 aromatic heterocycles. The molecule has 1 aromatic carbocycles. The van der Waals surface area contributed by atoms with Crippen LogP contribution in [0.2, 0.25) is 0 Å². The average Bonchev–Trinajstić information content (AvgIpc) is 3.80. The molecule has 10 atom stereocenters. The van der Waals surface area contributed by atoms with Crippen molar-refractivity contribution in [3.8, 4) is 11.5 Å². The summed E-state index contributed by atoms with van der Waals surface area (Å²) in [6, 6.07) is -1.55. The van der Waals surface area contributed by atoms with Crippen LogP contribution in [0.25, 0.3) is 5.76 Å². The molecule has 0 saturated carbocycles. The topological polar surface area (TPSA) is 310 Å². The number of ketones is 1. The minimum atomic E-state index is -4.57. The van der Waals surface area contributed by atoms with E-state index in [0.29, 0.717) is 19.6 Å². The lowest BCUT2D eigenvalue weighted by Crippen LogP contribution is -2.59. The lowest BCUT2D eigenvalue weighted by molar-refractivity contribution is -0.160. The van der Waals surface area contributed by atoms with Crippen molar-refractivity contribution in [1.29, 1.82) is 0 Å². The summed E-state index contributed by atoms with van der Waals surface area (Å²) in [5, 5.41) is 50.6. The fraction of sp³-hybridized carbons (Fsp3) is 0.608. The van der Waals surface area contributed by atoms with Crippen molar-refractivity contribution in [3.63, 3.8) is 0 Å². The maximum absolute atomic E-state index is 15.1. The van der Waals surface area contributed by atoms with Crippen LogP contribution in [0.1, 0.15) is 109 Å². The summed E-state index contributed by atoms with van der Waals surface area (Å²) in [6.07, 6.45) is 0.758. The van der Waals surface area contributed by atoms with Crippen LogP contribution in [0.3, 0.4) is 0 Å². The van der Waals surface area contributed by atoms with E-state index >= 15 is 4.79 Å². The molecule has 1 aliphatic carbocycles. The number of carbonyl (C=O) groups excluding carboxylic acids is 5. The number of benzene rings is 1. The summed E-state index contributed by atoms with van der Waals surface area (Å²) in [6.45, 7) is 16.9. The number of phenolic OH excluding ortho intramolecular Hbond substituents is 1. The number of esters is 2. The summed E-state index contributed by atoms with van der Waals surface area (Å²) < 4.78 is 46.1. The number of nitrogens with zero attached hydrogens (tertiary/aromatic N) is 3. The summed E-state index contributed by atoms with van der Waals surface area (Å²) in [5.41, 5.74) is -2.43. The zero-order valence-corrected chi connectivity index (χ0v) is 44.6. The Morgan fingerprint density at radius 1 is 0.959 bits per heavy atom. The Balaban J connectivity index is 1.54. The van der Waals surface area contributed by atoms with Crippen molar-refractivity contribution in [2.75, 3.05) is 39.7 Å². The van der Waals surface area contributed by atoms with Gasteiger partial charge in [0.05, 0.1) is 59.7 Å². The predicted molar refractivity (Wildman–Crippen MR) is 266 cm³/mol. The Labute approximate surface area is 430 Å². The third-order valence-electron chi connectivity index (χ3n) is 14.6. The van der Waals surface area contributed by atoms with E-state index in [1.165, 1.54) is 64.2 Å². The van der Waals surface area contributed by atoms with Gasteiger partial charge in [-0.3, -0.25) is 33.6 Å². The monoisotopic (exact) mass is 1060 g/mol. The highest BCUT2D eigenvalue weighted by Crippen LogP contribution is 2.54. The number of amides is 2. The lowest BCUT2D eigenvalue weighted by atomic mass is 9.78. The molecular formula is C51H71N4O18P. The SMILES string of the molecule is CO[C@H]1/C=C/O[C@@]2(C)Oc3c(C)c(O)c4c(c3C2=O)C2=NC3(CCN(CC(C)C)CC3)N(C(=O)OCOC(=O)CCP(=O)(O)O)C2C(=C4O)NC(=O)/C(C)=C\C=C\[C@H](C)[C@H](O)[C@@H](C)[C@@H](O)[C@@H](C)[C@H](OC(C)=O)[C@@H]1C. The fourth-order valence-corrected chi connectivity index (χ4v) is 10.9. The van der Waals surface area contributed by atoms with Gasteiger partial charge in [-0.2, -0.15) is 0 Å². The predicted octanol–water partition coefficient (Wildman–Crippen LogP) is 4.73. The van der Waals surface area contributed by atoms with Crippen LogP contribution in [0.15, 0.2) is 46.8 Å². The number of fused-ring (bicyclic) bond motifs is 3. The van der Waals surface area contributed by atoms with E-state index in [0.717, 1.165) is 0 Å². The third kappa shape index (κ3) is 11.8. The van der Waals surface area contributed by atoms with E-state index in [9.17, 15) is 54.0 Å². The Kier molecular flexibility index (Phi) is 17.7. The molecule has 1 unspecified atom stereocenters. The molecule has 5 bridgehead atoms. The molecule has 2 amide bonds. The first-order chi connectivity index (χ1) is 34.6. The van der Waals surface area contributed by atoms with Gasteiger partial charge in [-0.05, 0) is 25.8 Å². The molecule has 408 valence electrons. The van der Waals surface area contributed by atoms with Crippen molar-refractivity contribution in [2.24, 2.45) is 34.6 Å². The van der Waals surface area contributed by atoms with Crippen molar-refractivity contribution < 1.29 is 87.2 Å². The molecule has 1 spiro atoms. The van der Waals surface area contributed by atoms with Crippen LogP contribution in [-0.4, -0.2) is 157 Å². The number of allylic oxidation sites excluding steroid dienone is 2. The summed E-state index contributed by atoms with van der Waals surface area (Å²) in [7, 11) is -3.16. The Morgan fingerprint density at radius 3 is 2.23 bits per heavy atom. The Morgan fingerprint density at radius 2 is 1.62 bits per heavy atom. The molecule has 5 aliphatic rings. The van der Waals surface area contributed by atoms with Gasteiger partial charge in [-0.15, -0.1) is 0 Å².